The van der Waals surface area contributed by atoms with Crippen LogP contribution in [0.5, 0.6) is 0 Å². The number of carbonyl (C=O) groups is 1. The fourth-order valence-corrected chi connectivity index (χ4v) is 3.23. The predicted molar refractivity (Wildman–Crippen MR) is 120 cm³/mol. The van der Waals surface area contributed by atoms with Crippen molar-refractivity contribution in [2.45, 2.75) is 32.8 Å². The number of ether oxygens (including phenoxy) is 1. The Balaban J connectivity index is 2.26. The highest BCUT2D eigenvalue weighted by Gasteiger charge is 2.21. The summed E-state index contributed by atoms with van der Waals surface area (Å²) in [6, 6.07) is 0. The first-order chi connectivity index (χ1) is 14.1. The summed E-state index contributed by atoms with van der Waals surface area (Å²) in [6.07, 6.45) is 16.2. The number of hydrogen-bond acceptors (Lipinski definition) is 5. The minimum Gasteiger partial charge on any atom is -0.373 e. The molecule has 0 amide bonds. The van der Waals surface area contributed by atoms with E-state index in [0.29, 0.717) is 24.7 Å². The molecule has 0 spiro atoms. The Kier molecular flexibility index (Phi) is 9.84. The summed E-state index contributed by atoms with van der Waals surface area (Å²) in [5, 5.41) is 7.33. The van der Waals surface area contributed by atoms with Crippen LogP contribution in [-0.2, 0) is 9.53 Å². The molecule has 0 saturated heterocycles. The molecule has 1 aromatic rings. The number of allylic oxidation sites excluding steroid dienone is 7. The van der Waals surface area contributed by atoms with Crippen LogP contribution in [0, 0.1) is 0 Å². The van der Waals surface area contributed by atoms with Gasteiger partial charge in [0.1, 0.15) is 5.69 Å². The van der Waals surface area contributed by atoms with E-state index >= 15 is 0 Å². The van der Waals surface area contributed by atoms with Crippen molar-refractivity contribution in [1.82, 2.24) is 10.5 Å². The van der Waals surface area contributed by atoms with Crippen molar-refractivity contribution in [2.24, 2.45) is 0 Å². The van der Waals surface area contributed by atoms with Gasteiger partial charge in [-0.05, 0) is 50.6 Å². The Morgan fingerprint density at radius 3 is 2.90 bits per heavy atom. The number of likely N-dealkylation sites (N-methyl/N-ethyl adjacent to an activating group) is 1. The van der Waals surface area contributed by atoms with Crippen molar-refractivity contribution >= 4 is 34.6 Å². The van der Waals surface area contributed by atoms with Crippen molar-refractivity contribution < 1.29 is 14.1 Å². The summed E-state index contributed by atoms with van der Waals surface area (Å²) in [5.74, 6) is 0.993. The quantitative estimate of drug-likeness (QED) is 0.318. The molecular formula is C23H29ClN2O3. The maximum Gasteiger partial charge on any atom is 0.167 e. The summed E-state index contributed by atoms with van der Waals surface area (Å²) in [4.78, 5) is 11.7. The number of hydrogen-bond donors (Lipinski definition) is 1. The zero-order valence-corrected chi connectivity index (χ0v) is 18.0. The first kappa shape index (κ1) is 23.1. The van der Waals surface area contributed by atoms with E-state index in [1.807, 2.05) is 33.0 Å². The van der Waals surface area contributed by atoms with Crippen molar-refractivity contribution in [3.05, 3.63) is 59.5 Å². The number of nitrogens with one attached hydrogen (secondary N) is 1. The molecule has 29 heavy (non-hydrogen) atoms. The van der Waals surface area contributed by atoms with Gasteiger partial charge in [0.15, 0.2) is 11.5 Å². The van der Waals surface area contributed by atoms with Crippen LogP contribution >= 0.6 is 11.6 Å². The molecule has 1 aromatic heterocycles. The molecule has 5 nitrogen and oxygen atoms in total. The molecule has 0 saturated carbocycles. The first-order valence-corrected chi connectivity index (χ1v) is 10.4. The van der Waals surface area contributed by atoms with Gasteiger partial charge in [-0.3, -0.25) is 4.79 Å². The average Bonchev–Trinajstić information content (AvgIpc) is 3.13. The molecule has 0 aromatic carbocycles. The average molecular weight is 417 g/mol. The topological polar surface area (TPSA) is 64.4 Å². The van der Waals surface area contributed by atoms with Crippen molar-refractivity contribution in [1.29, 1.82) is 0 Å². The third-order valence-corrected chi connectivity index (χ3v) is 4.78. The van der Waals surface area contributed by atoms with Crippen molar-refractivity contribution in [3.63, 3.8) is 0 Å². The molecule has 1 N–H and O–H groups in total. The molecule has 0 aliphatic heterocycles. The zero-order chi connectivity index (χ0) is 21.1. The maximum atomic E-state index is 11.7. The van der Waals surface area contributed by atoms with Gasteiger partial charge in [0, 0.05) is 18.8 Å². The van der Waals surface area contributed by atoms with Gasteiger partial charge in [-0.25, -0.2) is 0 Å². The van der Waals surface area contributed by atoms with Gasteiger partial charge in [-0.15, -0.1) is 11.6 Å². The molecule has 1 aliphatic rings. The number of nitrogens with zero attached hydrogens (tertiary/aromatic N) is 1. The second-order valence-corrected chi connectivity index (χ2v) is 6.83. The molecule has 0 bridgehead atoms. The van der Waals surface area contributed by atoms with Gasteiger partial charge in [0.2, 0.25) is 0 Å². The zero-order valence-electron chi connectivity index (χ0n) is 17.3. The molecule has 156 valence electrons. The summed E-state index contributed by atoms with van der Waals surface area (Å²) >= 11 is 6.11. The molecule has 0 fully saturated rings. The van der Waals surface area contributed by atoms with Gasteiger partial charge >= 0.3 is 0 Å². The number of carbonyl (C=O) groups excluding carboxylic acids is 1. The summed E-state index contributed by atoms with van der Waals surface area (Å²) in [7, 11) is 1.91. The minimum atomic E-state index is 0.0401. The highest BCUT2D eigenvalue weighted by atomic mass is 35.5. The van der Waals surface area contributed by atoms with Gasteiger partial charge in [0.25, 0.3) is 0 Å². The second kappa shape index (κ2) is 12.4. The van der Waals surface area contributed by atoms with Crippen molar-refractivity contribution in [3.8, 4) is 0 Å². The smallest absolute Gasteiger partial charge is 0.167 e. The van der Waals surface area contributed by atoms with Crippen molar-refractivity contribution in [2.75, 3.05) is 26.1 Å². The fourth-order valence-electron chi connectivity index (χ4n) is 2.95. The van der Waals surface area contributed by atoms with Gasteiger partial charge < -0.3 is 14.6 Å². The highest BCUT2D eigenvalue weighted by Crippen LogP contribution is 2.33. The van der Waals surface area contributed by atoms with E-state index in [-0.39, 0.29) is 11.9 Å². The molecule has 1 unspecified atom stereocenters. The number of ketones is 1. The fraction of sp³-hybridized carbons (Fsp3) is 0.391. The van der Waals surface area contributed by atoms with Crippen LogP contribution in [0.4, 0.5) is 0 Å². The Morgan fingerprint density at radius 2 is 2.28 bits per heavy atom. The summed E-state index contributed by atoms with van der Waals surface area (Å²) in [6.45, 7) is 5.23. The molecule has 2 rings (SSSR count). The largest absolute Gasteiger partial charge is 0.373 e. The SMILES string of the molecule is C/C=C\C(=O)C/C=C/c1onc(/C(=C/C)CCl)c1C1=CCC(OCCNC)C=C1. The monoisotopic (exact) mass is 416 g/mol. The Labute approximate surface area is 177 Å². The third kappa shape index (κ3) is 6.67. The first-order valence-electron chi connectivity index (χ1n) is 9.82. The van der Waals surface area contributed by atoms with Gasteiger partial charge in [0.05, 0.1) is 18.3 Å². The molecule has 6 heteroatoms. The predicted octanol–water partition coefficient (Wildman–Crippen LogP) is 4.81. The van der Waals surface area contributed by atoms with Crippen LogP contribution in [0.25, 0.3) is 17.2 Å². The van der Waals surface area contributed by atoms with Crippen LogP contribution in [0.3, 0.4) is 0 Å². The van der Waals surface area contributed by atoms with Crippen LogP contribution < -0.4 is 5.32 Å². The van der Waals surface area contributed by atoms with Gasteiger partial charge in [-0.2, -0.15) is 0 Å². The number of aromatic nitrogens is 1. The Morgan fingerprint density at radius 1 is 1.45 bits per heavy atom. The number of halogens is 1. The van der Waals surface area contributed by atoms with Gasteiger partial charge in [-0.1, -0.05) is 41.6 Å². The van der Waals surface area contributed by atoms with E-state index in [9.17, 15) is 4.79 Å². The lowest BCUT2D eigenvalue weighted by Crippen LogP contribution is -2.19. The summed E-state index contributed by atoms with van der Waals surface area (Å²) in [5.41, 5.74) is 3.53. The lowest BCUT2D eigenvalue weighted by molar-refractivity contribution is -0.113. The minimum absolute atomic E-state index is 0.0401. The Bertz CT molecular complexity index is 831. The normalized spacial score (nSPS) is 17.4. The molecule has 1 aliphatic carbocycles. The number of rotatable bonds is 11. The third-order valence-electron chi connectivity index (χ3n) is 4.49. The molecule has 0 radical (unpaired) electrons. The number of alkyl halides is 1. The molecule has 1 heterocycles. The van der Waals surface area contributed by atoms with E-state index in [1.165, 1.54) is 0 Å². The van der Waals surface area contributed by atoms with Crippen LogP contribution in [-0.4, -0.2) is 43.1 Å². The van der Waals surface area contributed by atoms with Crippen LogP contribution in [0.2, 0.25) is 0 Å². The molecular weight excluding hydrogens is 388 g/mol. The van der Waals surface area contributed by atoms with Crippen LogP contribution in [0.15, 0.2) is 47.1 Å². The lowest BCUT2D eigenvalue weighted by atomic mass is 9.94. The van der Waals surface area contributed by atoms with Crippen LogP contribution in [0.1, 0.15) is 43.7 Å². The second-order valence-electron chi connectivity index (χ2n) is 6.56. The Hall–Kier alpha value is -2.21. The van der Waals surface area contributed by atoms with E-state index in [1.54, 1.807) is 24.3 Å². The van der Waals surface area contributed by atoms with E-state index < -0.39 is 0 Å². The summed E-state index contributed by atoms with van der Waals surface area (Å²) < 4.78 is 11.4. The van der Waals surface area contributed by atoms with E-state index in [0.717, 1.165) is 35.4 Å². The standard InChI is InChI=1S/C23H29ClN2O3/c1-4-7-19(27)8-6-9-21-22(23(26-29-21)17(5-2)16-24)18-10-12-20(13-11-18)28-15-14-25-3/h4-7,9-12,20,25H,8,13-16H2,1-3H3/b7-4-,9-6+,17-5+. The molecule has 1 atom stereocenters. The lowest BCUT2D eigenvalue weighted by Gasteiger charge is -2.17. The highest BCUT2D eigenvalue weighted by molar-refractivity contribution is 6.23. The maximum absolute atomic E-state index is 11.7. The van der Waals surface area contributed by atoms with E-state index in [4.69, 9.17) is 20.9 Å². The van der Waals surface area contributed by atoms with E-state index in [2.05, 4.69) is 22.6 Å².